The minimum atomic E-state index is 0.408. The number of hydrogen-bond acceptors (Lipinski definition) is 3. The van der Waals surface area contributed by atoms with E-state index in [0.29, 0.717) is 6.04 Å². The second kappa shape index (κ2) is 4.15. The predicted octanol–water partition coefficient (Wildman–Crippen LogP) is 1.55. The lowest BCUT2D eigenvalue weighted by Gasteiger charge is -2.31. The lowest BCUT2D eigenvalue weighted by molar-refractivity contribution is 0.166. The van der Waals surface area contributed by atoms with Crippen LogP contribution in [0.1, 0.15) is 24.5 Å². The van der Waals surface area contributed by atoms with Crippen molar-refractivity contribution in [3.63, 3.8) is 0 Å². The summed E-state index contributed by atoms with van der Waals surface area (Å²) in [6.45, 7) is 8.60. The van der Waals surface area contributed by atoms with Gasteiger partial charge in [0.05, 0.1) is 6.04 Å². The third-order valence-electron chi connectivity index (χ3n) is 2.87. The van der Waals surface area contributed by atoms with Crippen LogP contribution in [0.4, 0.5) is 0 Å². The third-order valence-corrected chi connectivity index (χ3v) is 2.87. The Labute approximate surface area is 85.1 Å². The highest BCUT2D eigenvalue weighted by molar-refractivity contribution is 5.09. The largest absolute Gasteiger partial charge is 0.465 e. The van der Waals surface area contributed by atoms with Crippen molar-refractivity contribution < 1.29 is 4.42 Å². The Kier molecular flexibility index (Phi) is 2.89. The average Bonchev–Trinajstić information content (AvgIpc) is 2.65. The lowest BCUT2D eigenvalue weighted by Crippen LogP contribution is -2.44. The molecule has 0 aliphatic carbocycles. The fraction of sp³-hybridized carbons (Fsp3) is 0.636. The molecule has 0 aromatic carbocycles. The van der Waals surface area contributed by atoms with Crippen LogP contribution in [-0.2, 0) is 0 Å². The first-order valence-corrected chi connectivity index (χ1v) is 5.28. The van der Waals surface area contributed by atoms with E-state index in [9.17, 15) is 0 Å². The molecule has 1 fully saturated rings. The predicted molar refractivity (Wildman–Crippen MR) is 56.3 cm³/mol. The van der Waals surface area contributed by atoms with E-state index < -0.39 is 0 Å². The highest BCUT2D eigenvalue weighted by Gasteiger charge is 2.19. The van der Waals surface area contributed by atoms with Crippen LogP contribution in [0.2, 0.25) is 0 Å². The molecule has 14 heavy (non-hydrogen) atoms. The quantitative estimate of drug-likeness (QED) is 0.774. The molecule has 3 heteroatoms. The van der Waals surface area contributed by atoms with Gasteiger partial charge in [0.1, 0.15) is 11.5 Å². The number of nitrogens with one attached hydrogen (secondary N) is 1. The lowest BCUT2D eigenvalue weighted by atomic mass is 10.2. The van der Waals surface area contributed by atoms with Crippen LogP contribution >= 0.6 is 0 Å². The number of piperazine rings is 1. The van der Waals surface area contributed by atoms with E-state index in [1.54, 1.807) is 0 Å². The minimum absolute atomic E-state index is 0.408. The topological polar surface area (TPSA) is 28.4 Å². The summed E-state index contributed by atoms with van der Waals surface area (Å²) in [5, 5.41) is 3.35. The molecule has 1 aliphatic rings. The van der Waals surface area contributed by atoms with Crippen LogP contribution in [0.3, 0.4) is 0 Å². The van der Waals surface area contributed by atoms with Gasteiger partial charge in [0.25, 0.3) is 0 Å². The number of aryl methyl sites for hydroxylation is 1. The summed E-state index contributed by atoms with van der Waals surface area (Å²) >= 11 is 0. The van der Waals surface area contributed by atoms with Gasteiger partial charge < -0.3 is 9.73 Å². The number of rotatable bonds is 2. The summed E-state index contributed by atoms with van der Waals surface area (Å²) in [5.41, 5.74) is 0. The molecule has 0 bridgehead atoms. The van der Waals surface area contributed by atoms with Crippen LogP contribution in [0.5, 0.6) is 0 Å². The molecule has 1 aliphatic heterocycles. The second-order valence-corrected chi connectivity index (χ2v) is 3.91. The zero-order chi connectivity index (χ0) is 9.97. The molecule has 2 rings (SSSR count). The molecule has 1 aromatic rings. The Balaban J connectivity index is 2.03. The molecular formula is C11H18N2O. The van der Waals surface area contributed by atoms with Gasteiger partial charge in [0.15, 0.2) is 0 Å². The summed E-state index contributed by atoms with van der Waals surface area (Å²) < 4.78 is 5.64. The maximum absolute atomic E-state index is 5.64. The van der Waals surface area contributed by atoms with Crippen molar-refractivity contribution in [2.45, 2.75) is 19.9 Å². The summed E-state index contributed by atoms with van der Waals surface area (Å²) in [6, 6.07) is 4.53. The van der Waals surface area contributed by atoms with Crippen LogP contribution in [0, 0.1) is 6.92 Å². The van der Waals surface area contributed by atoms with Crippen LogP contribution < -0.4 is 5.32 Å². The molecule has 0 unspecified atom stereocenters. The standard InChI is InChI=1S/C11H18N2O/c1-9-3-4-11(14-9)10(2)13-7-5-12-6-8-13/h3-4,10,12H,5-8H2,1-2H3/t10-/m0/s1. The average molecular weight is 194 g/mol. The highest BCUT2D eigenvalue weighted by Crippen LogP contribution is 2.22. The van der Waals surface area contributed by atoms with Crippen molar-refractivity contribution >= 4 is 0 Å². The van der Waals surface area contributed by atoms with E-state index in [1.165, 1.54) is 0 Å². The van der Waals surface area contributed by atoms with Crippen molar-refractivity contribution in [1.82, 2.24) is 10.2 Å². The number of nitrogens with zero attached hydrogens (tertiary/aromatic N) is 1. The molecule has 0 saturated carbocycles. The molecule has 0 amide bonds. The van der Waals surface area contributed by atoms with Crippen molar-refractivity contribution in [1.29, 1.82) is 0 Å². The van der Waals surface area contributed by atoms with Gasteiger partial charge in [0.2, 0.25) is 0 Å². The van der Waals surface area contributed by atoms with Gasteiger partial charge in [-0.25, -0.2) is 0 Å². The fourth-order valence-corrected chi connectivity index (χ4v) is 1.93. The van der Waals surface area contributed by atoms with Crippen molar-refractivity contribution in [2.75, 3.05) is 26.2 Å². The normalized spacial score (nSPS) is 21.0. The summed E-state index contributed by atoms with van der Waals surface area (Å²) in [5.74, 6) is 2.09. The van der Waals surface area contributed by atoms with Gasteiger partial charge in [-0.3, -0.25) is 4.90 Å². The molecule has 3 nitrogen and oxygen atoms in total. The van der Waals surface area contributed by atoms with Crippen molar-refractivity contribution in [3.05, 3.63) is 23.7 Å². The van der Waals surface area contributed by atoms with Gasteiger partial charge in [-0.2, -0.15) is 0 Å². The Morgan fingerprint density at radius 3 is 2.64 bits per heavy atom. The molecule has 1 atom stereocenters. The molecule has 2 heterocycles. The van der Waals surface area contributed by atoms with Gasteiger partial charge >= 0.3 is 0 Å². The van der Waals surface area contributed by atoms with Gasteiger partial charge in [-0.05, 0) is 26.0 Å². The van der Waals surface area contributed by atoms with Gasteiger partial charge in [-0.1, -0.05) is 0 Å². The second-order valence-electron chi connectivity index (χ2n) is 3.91. The fourth-order valence-electron chi connectivity index (χ4n) is 1.93. The molecule has 0 spiro atoms. The zero-order valence-electron chi connectivity index (χ0n) is 8.92. The van der Waals surface area contributed by atoms with Gasteiger partial charge in [-0.15, -0.1) is 0 Å². The molecule has 1 saturated heterocycles. The van der Waals surface area contributed by atoms with Crippen LogP contribution in [0.25, 0.3) is 0 Å². The van der Waals surface area contributed by atoms with Crippen molar-refractivity contribution in [2.24, 2.45) is 0 Å². The van der Waals surface area contributed by atoms with E-state index >= 15 is 0 Å². The van der Waals surface area contributed by atoms with Crippen LogP contribution in [0.15, 0.2) is 16.5 Å². The molecule has 1 aromatic heterocycles. The summed E-state index contributed by atoms with van der Waals surface area (Å²) in [6.07, 6.45) is 0. The molecule has 0 radical (unpaired) electrons. The van der Waals surface area contributed by atoms with E-state index in [1.807, 2.05) is 13.0 Å². The van der Waals surface area contributed by atoms with Gasteiger partial charge in [0, 0.05) is 26.2 Å². The minimum Gasteiger partial charge on any atom is -0.465 e. The first-order chi connectivity index (χ1) is 6.77. The van der Waals surface area contributed by atoms with Crippen LogP contribution in [-0.4, -0.2) is 31.1 Å². The smallest absolute Gasteiger partial charge is 0.121 e. The molecule has 1 N–H and O–H groups in total. The number of furan rings is 1. The molecule has 78 valence electrons. The maximum Gasteiger partial charge on any atom is 0.121 e. The van der Waals surface area contributed by atoms with Crippen molar-refractivity contribution in [3.8, 4) is 0 Å². The SMILES string of the molecule is Cc1ccc([C@H](C)N2CCNCC2)o1. The maximum atomic E-state index is 5.64. The Morgan fingerprint density at radius 1 is 1.36 bits per heavy atom. The molecular weight excluding hydrogens is 176 g/mol. The summed E-state index contributed by atoms with van der Waals surface area (Å²) in [4.78, 5) is 2.45. The number of hydrogen-bond donors (Lipinski definition) is 1. The zero-order valence-corrected chi connectivity index (χ0v) is 8.92. The first kappa shape index (κ1) is 9.74. The van der Waals surface area contributed by atoms with E-state index in [4.69, 9.17) is 4.42 Å². The monoisotopic (exact) mass is 194 g/mol. The van der Waals surface area contributed by atoms with E-state index in [2.05, 4.69) is 23.2 Å². The Hall–Kier alpha value is -0.800. The third kappa shape index (κ3) is 1.99. The Bertz CT molecular complexity index is 289. The van der Waals surface area contributed by atoms with E-state index in [0.717, 1.165) is 37.7 Å². The first-order valence-electron chi connectivity index (χ1n) is 5.28. The Morgan fingerprint density at radius 2 is 2.07 bits per heavy atom. The highest BCUT2D eigenvalue weighted by atomic mass is 16.3. The van der Waals surface area contributed by atoms with E-state index in [-0.39, 0.29) is 0 Å². The summed E-state index contributed by atoms with van der Waals surface area (Å²) in [7, 11) is 0.